The fraction of sp³-hybridized carbons (Fsp3) is 0.909. The van der Waals surface area contributed by atoms with Crippen molar-refractivity contribution in [2.45, 2.75) is 52.7 Å². The molecule has 0 bridgehead atoms. The van der Waals surface area contributed by atoms with Gasteiger partial charge in [0.2, 0.25) is 5.91 Å². The molecule has 0 radical (unpaired) electrons. The van der Waals surface area contributed by atoms with Gasteiger partial charge in [0, 0.05) is 6.54 Å². The van der Waals surface area contributed by atoms with Gasteiger partial charge in [0.25, 0.3) is 0 Å². The van der Waals surface area contributed by atoms with Gasteiger partial charge in [-0.1, -0.05) is 13.8 Å². The highest BCUT2D eigenvalue weighted by atomic mass is 16.2. The van der Waals surface area contributed by atoms with E-state index in [4.69, 9.17) is 0 Å². The third-order valence-corrected chi connectivity index (χ3v) is 2.79. The molecule has 1 aliphatic rings. The van der Waals surface area contributed by atoms with E-state index in [0.29, 0.717) is 0 Å². The van der Waals surface area contributed by atoms with Gasteiger partial charge in [0.05, 0.1) is 12.2 Å². The number of amides is 1. The Labute approximate surface area is 86.9 Å². The van der Waals surface area contributed by atoms with Crippen molar-refractivity contribution < 1.29 is 4.79 Å². The molecule has 0 spiro atoms. The molecule has 1 rings (SSSR count). The summed E-state index contributed by atoms with van der Waals surface area (Å²) in [6, 6.07) is 0.00375. The Kier molecular flexibility index (Phi) is 3.93. The maximum Gasteiger partial charge on any atom is 0.240 e. The number of carbonyl (C=O) groups excluding carboxylic acids is 1. The third-order valence-electron chi connectivity index (χ3n) is 2.79. The summed E-state index contributed by atoms with van der Waals surface area (Å²) in [6.07, 6.45) is 2.53. The first-order valence-corrected chi connectivity index (χ1v) is 5.59. The predicted octanol–water partition coefficient (Wildman–Crippen LogP) is 1.59. The molecule has 2 atom stereocenters. The predicted molar refractivity (Wildman–Crippen MR) is 57.8 cm³/mol. The van der Waals surface area contributed by atoms with E-state index in [0.717, 1.165) is 18.9 Å². The SMILES string of the molecule is CC(C)CCCN1C(=O)C(C)NC1C. The first kappa shape index (κ1) is 11.5. The van der Waals surface area contributed by atoms with Crippen molar-refractivity contribution in [1.29, 1.82) is 0 Å². The maximum atomic E-state index is 11.7. The molecule has 1 saturated heterocycles. The van der Waals surface area contributed by atoms with Gasteiger partial charge < -0.3 is 4.90 Å². The Morgan fingerprint density at radius 3 is 2.50 bits per heavy atom. The topological polar surface area (TPSA) is 32.3 Å². The van der Waals surface area contributed by atoms with Crippen LogP contribution in [-0.4, -0.2) is 29.6 Å². The van der Waals surface area contributed by atoms with E-state index in [2.05, 4.69) is 26.1 Å². The number of carbonyl (C=O) groups is 1. The second-order valence-electron chi connectivity index (χ2n) is 4.63. The summed E-state index contributed by atoms with van der Waals surface area (Å²) >= 11 is 0. The lowest BCUT2D eigenvalue weighted by Gasteiger charge is -2.21. The highest BCUT2D eigenvalue weighted by Gasteiger charge is 2.32. The number of nitrogens with zero attached hydrogens (tertiary/aromatic N) is 1. The third kappa shape index (κ3) is 2.71. The molecule has 1 N–H and O–H groups in total. The van der Waals surface area contributed by atoms with Crippen LogP contribution in [-0.2, 0) is 4.79 Å². The van der Waals surface area contributed by atoms with E-state index >= 15 is 0 Å². The Morgan fingerprint density at radius 2 is 2.07 bits per heavy atom. The number of hydrogen-bond donors (Lipinski definition) is 1. The average Bonchev–Trinajstić information content (AvgIpc) is 2.31. The number of hydrogen-bond acceptors (Lipinski definition) is 2. The molecule has 3 nitrogen and oxygen atoms in total. The minimum Gasteiger partial charge on any atom is -0.326 e. The van der Waals surface area contributed by atoms with E-state index in [1.54, 1.807) is 0 Å². The summed E-state index contributed by atoms with van der Waals surface area (Å²) in [7, 11) is 0. The fourth-order valence-corrected chi connectivity index (χ4v) is 1.94. The Balaban J connectivity index is 2.33. The summed E-state index contributed by atoms with van der Waals surface area (Å²) in [6.45, 7) is 9.32. The molecular formula is C11H22N2O. The monoisotopic (exact) mass is 198 g/mol. The van der Waals surface area contributed by atoms with Gasteiger partial charge in [-0.3, -0.25) is 10.1 Å². The molecule has 1 aliphatic heterocycles. The largest absolute Gasteiger partial charge is 0.326 e. The van der Waals surface area contributed by atoms with Crippen LogP contribution in [0.25, 0.3) is 0 Å². The van der Waals surface area contributed by atoms with Crippen LogP contribution in [0.5, 0.6) is 0 Å². The molecule has 0 aromatic carbocycles. The Bertz CT molecular complexity index is 203. The van der Waals surface area contributed by atoms with Crippen molar-refractivity contribution in [3.63, 3.8) is 0 Å². The van der Waals surface area contributed by atoms with E-state index < -0.39 is 0 Å². The average molecular weight is 198 g/mol. The van der Waals surface area contributed by atoms with Gasteiger partial charge in [-0.15, -0.1) is 0 Å². The standard InChI is InChI=1S/C11H22N2O/c1-8(2)6-5-7-13-10(4)12-9(3)11(13)14/h8-10,12H,5-7H2,1-4H3. The van der Waals surface area contributed by atoms with Crippen LogP contribution in [0.1, 0.15) is 40.5 Å². The van der Waals surface area contributed by atoms with E-state index in [9.17, 15) is 4.79 Å². The van der Waals surface area contributed by atoms with Crippen molar-refractivity contribution >= 4 is 5.91 Å². The van der Waals surface area contributed by atoms with E-state index in [1.807, 2.05) is 11.8 Å². The van der Waals surface area contributed by atoms with Gasteiger partial charge >= 0.3 is 0 Å². The number of rotatable bonds is 4. The van der Waals surface area contributed by atoms with Gasteiger partial charge in [0.1, 0.15) is 0 Å². The van der Waals surface area contributed by atoms with E-state index in [-0.39, 0.29) is 18.1 Å². The molecule has 0 aromatic rings. The molecule has 1 heterocycles. The van der Waals surface area contributed by atoms with Crippen LogP contribution in [0.3, 0.4) is 0 Å². The molecule has 2 unspecified atom stereocenters. The molecule has 0 saturated carbocycles. The van der Waals surface area contributed by atoms with Crippen LogP contribution in [0.15, 0.2) is 0 Å². The Hall–Kier alpha value is -0.570. The normalized spacial score (nSPS) is 27.8. The first-order chi connectivity index (χ1) is 6.52. The summed E-state index contributed by atoms with van der Waals surface area (Å²) in [5.41, 5.74) is 0. The van der Waals surface area contributed by atoms with Crippen LogP contribution >= 0.6 is 0 Å². The van der Waals surface area contributed by atoms with E-state index in [1.165, 1.54) is 6.42 Å². The molecule has 0 aliphatic carbocycles. The summed E-state index contributed by atoms with van der Waals surface area (Å²) in [5.74, 6) is 0.981. The molecule has 1 amide bonds. The molecule has 82 valence electrons. The van der Waals surface area contributed by atoms with Crippen molar-refractivity contribution in [3.8, 4) is 0 Å². The first-order valence-electron chi connectivity index (χ1n) is 5.59. The van der Waals surface area contributed by atoms with Crippen LogP contribution in [0.4, 0.5) is 0 Å². The lowest BCUT2D eigenvalue weighted by molar-refractivity contribution is -0.129. The quantitative estimate of drug-likeness (QED) is 0.744. The van der Waals surface area contributed by atoms with Gasteiger partial charge in [0.15, 0.2) is 0 Å². The summed E-state index contributed by atoms with van der Waals surface area (Å²) < 4.78 is 0. The highest BCUT2D eigenvalue weighted by molar-refractivity contribution is 5.83. The fourth-order valence-electron chi connectivity index (χ4n) is 1.94. The second kappa shape index (κ2) is 4.78. The van der Waals surface area contributed by atoms with Gasteiger partial charge in [-0.05, 0) is 32.6 Å². The van der Waals surface area contributed by atoms with Crippen LogP contribution in [0.2, 0.25) is 0 Å². The lowest BCUT2D eigenvalue weighted by Crippen LogP contribution is -2.35. The van der Waals surface area contributed by atoms with Crippen LogP contribution in [0, 0.1) is 5.92 Å². The summed E-state index contributed by atoms with van der Waals surface area (Å²) in [4.78, 5) is 13.6. The number of nitrogens with one attached hydrogen (secondary N) is 1. The zero-order valence-electron chi connectivity index (χ0n) is 9.71. The minimum atomic E-state index is 0.00375. The van der Waals surface area contributed by atoms with Crippen LogP contribution < -0.4 is 5.32 Å². The molecule has 0 aromatic heterocycles. The van der Waals surface area contributed by atoms with Crippen molar-refractivity contribution in [2.75, 3.05) is 6.54 Å². The highest BCUT2D eigenvalue weighted by Crippen LogP contribution is 2.12. The summed E-state index contributed by atoms with van der Waals surface area (Å²) in [5, 5.41) is 3.23. The van der Waals surface area contributed by atoms with Crippen molar-refractivity contribution in [1.82, 2.24) is 10.2 Å². The Morgan fingerprint density at radius 1 is 1.43 bits per heavy atom. The maximum absolute atomic E-state index is 11.7. The zero-order valence-corrected chi connectivity index (χ0v) is 9.71. The minimum absolute atomic E-state index is 0.00375. The molecule has 3 heteroatoms. The van der Waals surface area contributed by atoms with Crippen molar-refractivity contribution in [2.24, 2.45) is 5.92 Å². The van der Waals surface area contributed by atoms with Gasteiger partial charge in [-0.2, -0.15) is 0 Å². The molecule has 1 fully saturated rings. The smallest absolute Gasteiger partial charge is 0.240 e. The zero-order chi connectivity index (χ0) is 10.7. The van der Waals surface area contributed by atoms with Gasteiger partial charge in [-0.25, -0.2) is 0 Å². The molecule has 14 heavy (non-hydrogen) atoms. The molecular weight excluding hydrogens is 176 g/mol. The van der Waals surface area contributed by atoms with Crippen molar-refractivity contribution in [3.05, 3.63) is 0 Å². The second-order valence-corrected chi connectivity index (χ2v) is 4.63. The lowest BCUT2D eigenvalue weighted by atomic mass is 10.1.